The number of benzene rings is 2. The van der Waals surface area contributed by atoms with Crippen molar-refractivity contribution in [3.63, 3.8) is 0 Å². The Morgan fingerprint density at radius 2 is 1.68 bits per heavy atom. The van der Waals surface area contributed by atoms with Gasteiger partial charge in [0.2, 0.25) is 5.95 Å². The highest BCUT2D eigenvalue weighted by atomic mass is 19.4. The highest BCUT2D eigenvalue weighted by Gasteiger charge is 2.34. The van der Waals surface area contributed by atoms with Crippen molar-refractivity contribution in [1.29, 1.82) is 0 Å². The van der Waals surface area contributed by atoms with E-state index < -0.39 is 23.5 Å². The summed E-state index contributed by atoms with van der Waals surface area (Å²) in [4.78, 5) is 23.6. The third kappa shape index (κ3) is 5.21. The molecule has 1 aliphatic rings. The summed E-state index contributed by atoms with van der Waals surface area (Å²) in [6.45, 7) is 0. The molecule has 34 heavy (non-hydrogen) atoms. The van der Waals surface area contributed by atoms with Crippen molar-refractivity contribution in [3.8, 4) is 0 Å². The lowest BCUT2D eigenvalue weighted by Crippen LogP contribution is -2.40. The molecule has 0 aliphatic heterocycles. The molecule has 0 atom stereocenters. The average molecular weight is 475 g/mol. The van der Waals surface area contributed by atoms with E-state index >= 15 is 0 Å². The maximum Gasteiger partial charge on any atom is 0.419 e. The molecule has 3 aromatic rings. The number of halogens is 4. The fourth-order valence-electron chi connectivity index (χ4n) is 4.18. The Morgan fingerprint density at radius 1 is 1.00 bits per heavy atom. The molecule has 1 heterocycles. The number of anilines is 2. The molecule has 4 rings (SSSR count). The van der Waals surface area contributed by atoms with Crippen molar-refractivity contribution in [3.05, 3.63) is 59.4 Å². The summed E-state index contributed by atoms with van der Waals surface area (Å²) >= 11 is 0. The maximum atomic E-state index is 13.8. The number of alkyl halides is 3. The van der Waals surface area contributed by atoms with Crippen LogP contribution >= 0.6 is 0 Å². The minimum atomic E-state index is -4.80. The largest absolute Gasteiger partial charge is 0.419 e. The van der Waals surface area contributed by atoms with Gasteiger partial charge in [-0.25, -0.2) is 9.37 Å². The summed E-state index contributed by atoms with van der Waals surface area (Å²) in [6.07, 6.45) is -1.96. The number of rotatable bonds is 5. The second-order valence-corrected chi connectivity index (χ2v) is 8.64. The summed E-state index contributed by atoms with van der Waals surface area (Å²) in [6, 6.07) is 9.97. The lowest BCUT2D eigenvalue weighted by Gasteiger charge is -2.30. The van der Waals surface area contributed by atoms with Crippen LogP contribution in [0, 0.1) is 5.82 Å². The Hall–Kier alpha value is -3.43. The predicted octanol–water partition coefficient (Wildman–Crippen LogP) is 5.01. The zero-order chi connectivity index (χ0) is 24.5. The molecule has 2 N–H and O–H groups in total. The minimum Gasteiger partial charge on any atom is -0.362 e. The van der Waals surface area contributed by atoms with Crippen molar-refractivity contribution in [2.24, 2.45) is 0 Å². The Morgan fingerprint density at radius 3 is 2.32 bits per heavy atom. The van der Waals surface area contributed by atoms with Gasteiger partial charge in [-0.3, -0.25) is 4.79 Å². The van der Waals surface area contributed by atoms with Gasteiger partial charge in [-0.2, -0.15) is 18.2 Å². The Balaban J connectivity index is 1.36. The topological polar surface area (TPSA) is 70.2 Å². The van der Waals surface area contributed by atoms with E-state index in [0.29, 0.717) is 30.9 Å². The molecule has 2 aromatic carbocycles. The highest BCUT2D eigenvalue weighted by molar-refractivity contribution is 5.94. The fraction of sp³-hybridized carbons (Fsp3) is 0.375. The molecule has 1 aliphatic carbocycles. The van der Waals surface area contributed by atoms with E-state index in [2.05, 4.69) is 20.6 Å². The van der Waals surface area contributed by atoms with Crippen molar-refractivity contribution in [2.75, 3.05) is 24.3 Å². The van der Waals surface area contributed by atoms with Crippen molar-refractivity contribution in [1.82, 2.24) is 15.3 Å². The first-order valence-corrected chi connectivity index (χ1v) is 11.0. The van der Waals surface area contributed by atoms with Crippen LogP contribution in [0.1, 0.15) is 41.6 Å². The molecule has 1 fully saturated rings. The quantitative estimate of drug-likeness (QED) is 0.508. The number of amides is 1. The molecule has 0 saturated heterocycles. The molecule has 0 spiro atoms. The molecule has 1 amide bonds. The lowest BCUT2D eigenvalue weighted by molar-refractivity contribution is -0.140. The number of hydrogen-bond donors (Lipinski definition) is 2. The average Bonchev–Trinajstić information content (AvgIpc) is 2.78. The number of aromatic nitrogens is 2. The molecule has 1 aromatic heterocycles. The first-order chi connectivity index (χ1) is 16.1. The smallest absolute Gasteiger partial charge is 0.362 e. The van der Waals surface area contributed by atoms with Crippen molar-refractivity contribution < 1.29 is 22.4 Å². The van der Waals surface area contributed by atoms with Gasteiger partial charge < -0.3 is 15.5 Å². The van der Waals surface area contributed by atoms with Gasteiger partial charge >= 0.3 is 6.18 Å². The number of fused-ring (bicyclic) bond motifs is 1. The Kier molecular flexibility index (Phi) is 6.58. The van der Waals surface area contributed by atoms with Gasteiger partial charge in [0.1, 0.15) is 11.6 Å². The van der Waals surface area contributed by atoms with Crippen LogP contribution in [-0.4, -0.2) is 42.1 Å². The summed E-state index contributed by atoms with van der Waals surface area (Å²) in [5.74, 6) is -0.689. The normalized spacial score (nSPS) is 18.5. The SMILES string of the molecule is CN(C)c1nc(NC2CCC(NC(=O)c3ccc(C(F)(F)F)c(F)c3)CC2)nc2ccccc12. The molecule has 10 heteroatoms. The number of para-hydroxylation sites is 1. The standard InChI is InChI=1S/C24H25F4N5O/c1-33(2)21-17-5-3-4-6-20(17)31-23(32-21)30-16-10-8-15(9-11-16)29-22(34)14-7-12-18(19(25)13-14)24(26,27)28/h3-7,12-13,15-16H,8-11H2,1-2H3,(H,29,34)(H,30,31,32). The van der Waals surface area contributed by atoms with E-state index in [0.717, 1.165) is 35.6 Å². The van der Waals surface area contributed by atoms with Crippen LogP contribution in [0.3, 0.4) is 0 Å². The van der Waals surface area contributed by atoms with Crippen LogP contribution in [0.5, 0.6) is 0 Å². The molecular weight excluding hydrogens is 450 g/mol. The highest BCUT2D eigenvalue weighted by Crippen LogP contribution is 2.32. The van der Waals surface area contributed by atoms with Crippen LogP contribution in [0.2, 0.25) is 0 Å². The van der Waals surface area contributed by atoms with Crippen molar-refractivity contribution in [2.45, 2.75) is 43.9 Å². The molecule has 180 valence electrons. The van der Waals surface area contributed by atoms with Crippen LogP contribution in [0.15, 0.2) is 42.5 Å². The maximum absolute atomic E-state index is 13.8. The molecule has 0 bridgehead atoms. The van der Waals surface area contributed by atoms with E-state index in [-0.39, 0.29) is 17.6 Å². The first kappa shape index (κ1) is 23.7. The summed E-state index contributed by atoms with van der Waals surface area (Å²) < 4.78 is 52.0. The zero-order valence-electron chi connectivity index (χ0n) is 18.8. The van der Waals surface area contributed by atoms with E-state index in [4.69, 9.17) is 0 Å². The molecular formula is C24H25F4N5O. The van der Waals surface area contributed by atoms with E-state index in [1.54, 1.807) is 0 Å². The number of carbonyl (C=O) groups is 1. The molecule has 0 radical (unpaired) electrons. The summed E-state index contributed by atoms with van der Waals surface area (Å²) in [7, 11) is 3.85. The van der Waals surface area contributed by atoms with E-state index in [9.17, 15) is 22.4 Å². The minimum absolute atomic E-state index is 0.118. The Bertz CT molecular complexity index is 1190. The monoisotopic (exact) mass is 475 g/mol. The van der Waals surface area contributed by atoms with Crippen molar-refractivity contribution >= 4 is 28.6 Å². The third-order valence-corrected chi connectivity index (χ3v) is 5.94. The number of hydrogen-bond acceptors (Lipinski definition) is 5. The Labute approximate surface area is 194 Å². The first-order valence-electron chi connectivity index (χ1n) is 11.0. The summed E-state index contributed by atoms with van der Waals surface area (Å²) in [5.41, 5.74) is -0.677. The molecule has 6 nitrogen and oxygen atoms in total. The molecule has 0 unspecified atom stereocenters. The van der Waals surface area contributed by atoms with Crippen LogP contribution < -0.4 is 15.5 Å². The predicted molar refractivity (Wildman–Crippen MR) is 122 cm³/mol. The van der Waals surface area contributed by atoms with Gasteiger partial charge in [0.05, 0.1) is 11.1 Å². The van der Waals surface area contributed by atoms with Gasteiger partial charge in [0.15, 0.2) is 0 Å². The van der Waals surface area contributed by atoms with Gasteiger partial charge in [-0.15, -0.1) is 0 Å². The van der Waals surface area contributed by atoms with Gasteiger partial charge in [-0.05, 0) is 56.0 Å². The fourth-order valence-corrected chi connectivity index (χ4v) is 4.18. The number of nitrogens with zero attached hydrogens (tertiary/aromatic N) is 3. The molecule has 1 saturated carbocycles. The zero-order valence-corrected chi connectivity index (χ0v) is 18.8. The lowest BCUT2D eigenvalue weighted by atomic mass is 9.91. The summed E-state index contributed by atoms with van der Waals surface area (Å²) in [5, 5.41) is 7.15. The van der Waals surface area contributed by atoms with Crippen LogP contribution in [0.4, 0.5) is 29.3 Å². The number of nitrogens with one attached hydrogen (secondary N) is 2. The van der Waals surface area contributed by atoms with Crippen LogP contribution in [0.25, 0.3) is 10.9 Å². The number of carbonyl (C=O) groups excluding carboxylic acids is 1. The van der Waals surface area contributed by atoms with E-state index in [1.165, 1.54) is 0 Å². The third-order valence-electron chi connectivity index (χ3n) is 5.94. The van der Waals surface area contributed by atoms with E-state index in [1.807, 2.05) is 43.3 Å². The van der Waals surface area contributed by atoms with Crippen LogP contribution in [-0.2, 0) is 6.18 Å². The van der Waals surface area contributed by atoms with Gasteiger partial charge in [-0.1, -0.05) is 12.1 Å². The van der Waals surface area contributed by atoms with Gasteiger partial charge in [0, 0.05) is 37.1 Å². The second-order valence-electron chi connectivity index (χ2n) is 8.64. The van der Waals surface area contributed by atoms with Gasteiger partial charge in [0.25, 0.3) is 5.91 Å². The second kappa shape index (κ2) is 9.44.